The van der Waals surface area contributed by atoms with E-state index < -0.39 is 84.2 Å². The third-order valence-electron chi connectivity index (χ3n) is 9.53. The molecule has 10 N–H and O–H groups in total. The van der Waals surface area contributed by atoms with Gasteiger partial charge in [-0.1, -0.05) is 45.9 Å². The molecule has 0 bridgehead atoms. The van der Waals surface area contributed by atoms with Gasteiger partial charge in [0.25, 0.3) is 0 Å². The minimum Gasteiger partial charge on any atom is -0.480 e. The Morgan fingerprint density at radius 3 is 2.11 bits per heavy atom. The van der Waals surface area contributed by atoms with Crippen LogP contribution in [0.1, 0.15) is 58.2 Å². The Labute approximate surface area is 336 Å². The molecular formula is C38H54N10O8S. The van der Waals surface area contributed by atoms with Gasteiger partial charge in [0.2, 0.25) is 35.4 Å². The van der Waals surface area contributed by atoms with Gasteiger partial charge >= 0.3 is 5.97 Å². The second-order valence-electron chi connectivity index (χ2n) is 14.9. The van der Waals surface area contributed by atoms with Crippen LogP contribution in [0.4, 0.5) is 0 Å². The molecule has 1 aliphatic heterocycles. The first-order valence-electron chi connectivity index (χ1n) is 19.0. The number of amides is 6. The second kappa shape index (κ2) is 21.2. The van der Waals surface area contributed by atoms with E-state index in [9.17, 15) is 33.6 Å². The largest absolute Gasteiger partial charge is 0.480 e. The molecule has 3 heterocycles. The van der Waals surface area contributed by atoms with Gasteiger partial charge in [0.05, 0.1) is 18.1 Å². The molecule has 19 heteroatoms. The lowest BCUT2D eigenvalue weighted by Crippen LogP contribution is -2.61. The summed E-state index contributed by atoms with van der Waals surface area (Å²) in [5, 5.41) is 28.8. The summed E-state index contributed by atoms with van der Waals surface area (Å²) in [5.74, 6) is -5.76. The van der Waals surface area contributed by atoms with E-state index >= 15 is 0 Å². The van der Waals surface area contributed by atoms with Gasteiger partial charge in [-0.3, -0.25) is 33.6 Å². The number of fused-ring (bicyclic) bond motifs is 1. The summed E-state index contributed by atoms with van der Waals surface area (Å²) < 4.78 is 0. The van der Waals surface area contributed by atoms with E-state index in [-0.39, 0.29) is 36.8 Å². The normalized spacial score (nSPS) is 16.6. The molecule has 1 aromatic carbocycles. The number of benzene rings is 1. The van der Waals surface area contributed by atoms with Crippen LogP contribution in [0.25, 0.3) is 10.9 Å². The highest BCUT2D eigenvalue weighted by atomic mass is 32.1. The first-order chi connectivity index (χ1) is 27.2. The summed E-state index contributed by atoms with van der Waals surface area (Å²) in [6, 6.07) is 1.15. The van der Waals surface area contributed by atoms with Crippen molar-refractivity contribution in [3.05, 3.63) is 54.2 Å². The molecule has 1 fully saturated rings. The fourth-order valence-corrected chi connectivity index (χ4v) is 6.77. The van der Waals surface area contributed by atoms with Crippen molar-refractivity contribution in [3.63, 3.8) is 0 Å². The molecule has 1 aliphatic rings. The Morgan fingerprint density at radius 2 is 1.49 bits per heavy atom. The lowest BCUT2D eigenvalue weighted by Gasteiger charge is -2.28. The summed E-state index contributed by atoms with van der Waals surface area (Å²) in [6.45, 7) is 7.10. The van der Waals surface area contributed by atoms with Crippen molar-refractivity contribution in [1.82, 2.24) is 52.2 Å². The van der Waals surface area contributed by atoms with E-state index in [1.54, 1.807) is 26.2 Å². The van der Waals surface area contributed by atoms with E-state index in [0.29, 0.717) is 24.2 Å². The maximum atomic E-state index is 14.1. The van der Waals surface area contributed by atoms with Crippen LogP contribution in [0.15, 0.2) is 43.0 Å². The number of para-hydroxylation sites is 1. The van der Waals surface area contributed by atoms with Gasteiger partial charge in [-0.25, -0.2) is 4.98 Å². The first kappa shape index (κ1) is 44.3. The van der Waals surface area contributed by atoms with Crippen molar-refractivity contribution in [2.24, 2.45) is 11.8 Å². The fraction of sp³-hybridized carbons (Fsp3) is 0.526. The van der Waals surface area contributed by atoms with E-state index in [1.165, 1.54) is 6.33 Å². The van der Waals surface area contributed by atoms with Crippen molar-refractivity contribution in [3.8, 4) is 0 Å². The van der Waals surface area contributed by atoms with Gasteiger partial charge in [-0.05, 0) is 49.3 Å². The summed E-state index contributed by atoms with van der Waals surface area (Å²) in [6.07, 6.45) is 6.47. The van der Waals surface area contributed by atoms with Gasteiger partial charge in [0, 0.05) is 41.9 Å². The Morgan fingerprint density at radius 1 is 0.825 bits per heavy atom. The fourth-order valence-electron chi connectivity index (χ4n) is 6.51. The zero-order valence-electron chi connectivity index (χ0n) is 32.5. The Balaban J connectivity index is 1.53. The molecule has 6 atom stereocenters. The molecule has 0 unspecified atom stereocenters. The number of nitrogens with zero attached hydrogens (tertiary/aromatic N) is 1. The topological polar surface area (TPSA) is 268 Å². The van der Waals surface area contributed by atoms with Crippen LogP contribution in [-0.2, 0) is 46.4 Å². The summed E-state index contributed by atoms with van der Waals surface area (Å²) in [7, 11) is 0. The minimum atomic E-state index is -1.27. The number of aliphatic carboxylic acids is 1. The van der Waals surface area contributed by atoms with Crippen LogP contribution < -0.4 is 37.2 Å². The molecule has 0 saturated carbocycles. The predicted molar refractivity (Wildman–Crippen MR) is 214 cm³/mol. The number of rotatable bonds is 21. The average Bonchev–Trinajstić information content (AvgIpc) is 3.97. The number of hydrogen-bond acceptors (Lipinski definition) is 10. The van der Waals surface area contributed by atoms with Crippen molar-refractivity contribution in [1.29, 1.82) is 0 Å². The average molecular weight is 811 g/mol. The molecule has 0 aliphatic carbocycles. The number of hydrogen-bond donors (Lipinski definition) is 11. The summed E-state index contributed by atoms with van der Waals surface area (Å²) >= 11 is 4.32. The second-order valence-corrected chi connectivity index (χ2v) is 15.2. The SMILES string of the molecule is CC(C)C[C@H](NC(=O)[C@@H](NC(=O)[C@H](CS)NC(=O)[C@H](Cc1c[nH]c2ccccc12)NC(=O)[C@H](Cc1c[nH]cn1)NC(=O)[C@@H]1CCCN1)C(C)C)C(=O)NCC(=O)O. The molecule has 18 nitrogen and oxygen atoms in total. The predicted octanol–water partition coefficient (Wildman–Crippen LogP) is -0.315. The highest BCUT2D eigenvalue weighted by molar-refractivity contribution is 7.80. The van der Waals surface area contributed by atoms with E-state index in [1.807, 2.05) is 38.1 Å². The van der Waals surface area contributed by atoms with E-state index in [2.05, 4.69) is 64.8 Å². The van der Waals surface area contributed by atoms with E-state index in [0.717, 1.165) is 17.3 Å². The Kier molecular flexibility index (Phi) is 16.5. The summed E-state index contributed by atoms with van der Waals surface area (Å²) in [5.41, 5.74) is 2.03. The van der Waals surface area contributed by atoms with Crippen LogP contribution in [0.2, 0.25) is 0 Å². The minimum absolute atomic E-state index is 0.00789. The van der Waals surface area contributed by atoms with Crippen molar-refractivity contribution < 1.29 is 38.7 Å². The van der Waals surface area contributed by atoms with Crippen molar-refractivity contribution in [2.75, 3.05) is 18.8 Å². The maximum Gasteiger partial charge on any atom is 0.322 e. The molecule has 0 radical (unpaired) electrons. The van der Waals surface area contributed by atoms with Crippen LogP contribution in [0.3, 0.4) is 0 Å². The van der Waals surface area contributed by atoms with Crippen molar-refractivity contribution in [2.45, 2.75) is 96.1 Å². The number of aromatic nitrogens is 3. The third kappa shape index (κ3) is 13.1. The smallest absolute Gasteiger partial charge is 0.322 e. The van der Waals surface area contributed by atoms with Crippen LogP contribution >= 0.6 is 12.6 Å². The van der Waals surface area contributed by atoms with E-state index in [4.69, 9.17) is 5.11 Å². The summed E-state index contributed by atoms with van der Waals surface area (Å²) in [4.78, 5) is 103. The number of H-pyrrole nitrogens is 2. The van der Waals surface area contributed by atoms with Gasteiger partial charge < -0.3 is 52.3 Å². The molecule has 3 aromatic rings. The first-order valence-corrected chi connectivity index (χ1v) is 19.7. The van der Waals surface area contributed by atoms with Crippen LogP contribution in [0, 0.1) is 11.8 Å². The number of carboxylic acid groups (broad SMARTS) is 1. The van der Waals surface area contributed by atoms with Gasteiger partial charge in [0.1, 0.15) is 36.8 Å². The van der Waals surface area contributed by atoms with Gasteiger partial charge in [-0.15, -0.1) is 0 Å². The lowest BCUT2D eigenvalue weighted by molar-refractivity contribution is -0.138. The quantitative estimate of drug-likeness (QED) is 0.0625. The van der Waals surface area contributed by atoms with Crippen molar-refractivity contribution >= 4 is 64.9 Å². The number of thiol groups is 1. The van der Waals surface area contributed by atoms with Gasteiger partial charge in [0.15, 0.2) is 0 Å². The van der Waals surface area contributed by atoms with Crippen LogP contribution in [0.5, 0.6) is 0 Å². The third-order valence-corrected chi connectivity index (χ3v) is 9.89. The molecule has 0 spiro atoms. The highest BCUT2D eigenvalue weighted by Gasteiger charge is 2.35. The van der Waals surface area contributed by atoms with Gasteiger partial charge in [-0.2, -0.15) is 12.6 Å². The molecule has 2 aromatic heterocycles. The number of nitrogens with one attached hydrogen (secondary N) is 9. The molecule has 310 valence electrons. The molecule has 57 heavy (non-hydrogen) atoms. The molecule has 6 amide bonds. The molecule has 1 saturated heterocycles. The molecular weight excluding hydrogens is 757 g/mol. The van der Waals surface area contributed by atoms with Crippen LogP contribution in [-0.4, -0.2) is 117 Å². The molecule has 4 rings (SSSR count). The zero-order valence-corrected chi connectivity index (χ0v) is 33.4. The standard InChI is InChI=1S/C38H54N10O8S/c1-20(2)12-27(33(51)42-17-31(49)50)46-38(56)32(21(3)4)48-37(55)30(18-57)47-35(53)28(13-22-15-41-25-9-6-5-8-24(22)25)44-36(54)29(14-23-16-39-19-43-23)45-34(52)26-10-7-11-40-26/h5-6,8-9,15-16,19-21,26-30,32,40-41,57H,7,10-14,17-18H2,1-4H3,(H,39,43)(H,42,51)(H,44,54)(H,45,52)(H,46,56)(H,47,53)(H,48,55)(H,49,50)/t26-,27-,28-,29-,30-,32-/m0/s1. The lowest BCUT2D eigenvalue weighted by atomic mass is 9.99. The number of aromatic amines is 2. The number of carboxylic acids is 1. The monoisotopic (exact) mass is 810 g/mol. The highest BCUT2D eigenvalue weighted by Crippen LogP contribution is 2.20. The zero-order chi connectivity index (χ0) is 41.6. The number of carbonyl (C=O) groups is 7. The Hall–Kier alpha value is -5.43. The Bertz CT molecular complexity index is 1860. The maximum absolute atomic E-state index is 14.1. The number of carbonyl (C=O) groups excluding carboxylic acids is 6. The number of imidazole rings is 1.